The average molecular weight is 638 g/mol. The Morgan fingerprint density at radius 1 is 1.05 bits per heavy atom. The van der Waals surface area contributed by atoms with Crippen molar-refractivity contribution in [3.8, 4) is 0 Å². The number of hydrazone groups is 2. The van der Waals surface area contributed by atoms with Gasteiger partial charge in [-0.1, -0.05) is 58.5 Å². The van der Waals surface area contributed by atoms with Gasteiger partial charge < -0.3 is 24.7 Å². The Morgan fingerprint density at radius 3 is 2.46 bits per heavy atom. The van der Waals surface area contributed by atoms with Crippen molar-refractivity contribution in [1.29, 1.82) is 0 Å². The lowest BCUT2D eigenvalue weighted by atomic mass is 9.95. The van der Waals surface area contributed by atoms with E-state index >= 15 is 0 Å². The summed E-state index contributed by atoms with van der Waals surface area (Å²) in [5.74, 6) is 0. The van der Waals surface area contributed by atoms with E-state index in [1.807, 2.05) is 12.3 Å². The Labute approximate surface area is 258 Å². The fourth-order valence-electron chi connectivity index (χ4n) is 5.60. The lowest BCUT2D eigenvalue weighted by Crippen LogP contribution is -2.52. The first-order valence-corrected chi connectivity index (χ1v) is 14.7. The van der Waals surface area contributed by atoms with E-state index in [0.29, 0.717) is 26.6 Å². The van der Waals surface area contributed by atoms with Gasteiger partial charge in [0.15, 0.2) is 6.23 Å². The second-order valence-electron chi connectivity index (χ2n) is 10.6. The third kappa shape index (κ3) is 5.90. The maximum Gasteiger partial charge on any atom is 0.181 e. The van der Waals surface area contributed by atoms with E-state index in [2.05, 4.69) is 10.5 Å². The normalized spacial score (nSPS) is 27.0. The molecule has 4 aliphatic rings. The quantitative estimate of drug-likeness (QED) is 0.363. The summed E-state index contributed by atoms with van der Waals surface area (Å²) in [6, 6.07) is 10.4. The van der Waals surface area contributed by atoms with Crippen molar-refractivity contribution >= 4 is 58.3 Å². The summed E-state index contributed by atoms with van der Waals surface area (Å²) in [5, 5.41) is 24.8. The third-order valence-electron chi connectivity index (χ3n) is 7.65. The molecule has 0 aromatic heterocycles. The van der Waals surface area contributed by atoms with Gasteiger partial charge in [-0.25, -0.2) is 5.01 Å². The maximum absolute atomic E-state index is 11.9. The van der Waals surface area contributed by atoms with Crippen LogP contribution in [0, 0.1) is 0 Å². The van der Waals surface area contributed by atoms with Gasteiger partial charge >= 0.3 is 0 Å². The molecule has 6 rings (SSSR count). The SMILES string of the molecule is C[C@@]1(O)[C@H](OCc2ccc(Cl)cc2Cl)[C@@H](COCc2ccc(Cl)cc2Cl)O[C@H]1N1C=C2CCC3=C2C(=N1)C=NNC3. The molecule has 0 saturated carbocycles. The van der Waals surface area contributed by atoms with Crippen LogP contribution in [0.15, 0.2) is 69.5 Å². The molecule has 2 aromatic carbocycles. The highest BCUT2D eigenvalue weighted by molar-refractivity contribution is 6.40. The molecule has 0 spiro atoms. The molecule has 1 fully saturated rings. The van der Waals surface area contributed by atoms with Crippen LogP contribution in [-0.2, 0) is 27.4 Å². The number of rotatable bonds is 8. The van der Waals surface area contributed by atoms with Gasteiger partial charge in [0.1, 0.15) is 23.5 Å². The highest BCUT2D eigenvalue weighted by Gasteiger charge is 2.56. The first-order valence-electron chi connectivity index (χ1n) is 13.2. The van der Waals surface area contributed by atoms with E-state index in [-0.39, 0.29) is 19.8 Å². The highest BCUT2D eigenvalue weighted by Crippen LogP contribution is 2.41. The van der Waals surface area contributed by atoms with Crippen molar-refractivity contribution in [3.63, 3.8) is 0 Å². The molecule has 8 nitrogen and oxygen atoms in total. The van der Waals surface area contributed by atoms with E-state index < -0.39 is 24.0 Å². The molecule has 0 amide bonds. The van der Waals surface area contributed by atoms with Gasteiger partial charge in [0.05, 0.1) is 32.6 Å². The van der Waals surface area contributed by atoms with Crippen molar-refractivity contribution in [1.82, 2.24) is 10.4 Å². The number of halogens is 4. The van der Waals surface area contributed by atoms with Crippen molar-refractivity contribution in [2.75, 3.05) is 13.2 Å². The molecule has 1 saturated heterocycles. The number of nitrogens with one attached hydrogen (secondary N) is 1. The van der Waals surface area contributed by atoms with Crippen molar-refractivity contribution < 1.29 is 19.3 Å². The van der Waals surface area contributed by atoms with Crippen LogP contribution in [-0.4, -0.2) is 59.2 Å². The summed E-state index contributed by atoms with van der Waals surface area (Å²) >= 11 is 24.8. The Balaban J connectivity index is 1.25. The average Bonchev–Trinajstić information content (AvgIpc) is 3.35. The summed E-state index contributed by atoms with van der Waals surface area (Å²) in [7, 11) is 0. The topological polar surface area (TPSA) is 87.9 Å². The Kier molecular flexibility index (Phi) is 8.38. The molecular weight excluding hydrogens is 610 g/mol. The van der Waals surface area contributed by atoms with Gasteiger partial charge in [-0.05, 0) is 66.3 Å². The van der Waals surface area contributed by atoms with Gasteiger partial charge in [0.2, 0.25) is 0 Å². The predicted octanol–water partition coefficient (Wildman–Crippen LogP) is 6.11. The minimum atomic E-state index is -1.48. The molecule has 1 aliphatic carbocycles. The van der Waals surface area contributed by atoms with Crippen LogP contribution in [0.5, 0.6) is 0 Å². The van der Waals surface area contributed by atoms with E-state index in [4.69, 9.17) is 65.7 Å². The highest BCUT2D eigenvalue weighted by atomic mass is 35.5. The Bertz CT molecular complexity index is 1470. The van der Waals surface area contributed by atoms with Crippen LogP contribution in [0.4, 0.5) is 0 Å². The number of hydrogen-bond acceptors (Lipinski definition) is 8. The second kappa shape index (κ2) is 11.9. The molecular formula is C29H28Cl4N4O4. The zero-order chi connectivity index (χ0) is 28.7. The molecule has 0 unspecified atom stereocenters. The Hall–Kier alpha value is -2.14. The fourth-order valence-corrected chi connectivity index (χ4v) is 6.53. The van der Waals surface area contributed by atoms with E-state index in [0.717, 1.165) is 40.8 Å². The van der Waals surface area contributed by atoms with Gasteiger partial charge in [0, 0.05) is 31.9 Å². The smallest absolute Gasteiger partial charge is 0.181 e. The molecule has 0 radical (unpaired) electrons. The van der Waals surface area contributed by atoms with Gasteiger partial charge in [-0.15, -0.1) is 0 Å². The summed E-state index contributed by atoms with van der Waals surface area (Å²) < 4.78 is 18.8. The molecule has 3 heterocycles. The molecule has 3 aliphatic heterocycles. The molecule has 4 atom stereocenters. The van der Waals surface area contributed by atoms with E-state index in [1.54, 1.807) is 48.5 Å². The molecule has 2 aromatic rings. The minimum Gasteiger partial charge on any atom is -0.383 e. The first kappa shape index (κ1) is 29.0. The van der Waals surface area contributed by atoms with E-state index in [9.17, 15) is 5.11 Å². The monoisotopic (exact) mass is 636 g/mol. The lowest BCUT2D eigenvalue weighted by Gasteiger charge is -2.35. The number of benzene rings is 2. The van der Waals surface area contributed by atoms with Crippen molar-refractivity contribution in [2.24, 2.45) is 10.2 Å². The third-order valence-corrected chi connectivity index (χ3v) is 8.83. The predicted molar refractivity (Wildman–Crippen MR) is 161 cm³/mol. The van der Waals surface area contributed by atoms with Gasteiger partial charge in [0.25, 0.3) is 0 Å². The van der Waals surface area contributed by atoms with Crippen LogP contribution in [0.3, 0.4) is 0 Å². The number of aliphatic hydroxyl groups is 1. The summed E-state index contributed by atoms with van der Waals surface area (Å²) in [6.45, 7) is 2.88. The summed E-state index contributed by atoms with van der Waals surface area (Å²) in [5.41, 5.74) is 7.38. The summed E-state index contributed by atoms with van der Waals surface area (Å²) in [6.07, 6.45) is 3.22. The number of ether oxygens (including phenoxy) is 3. The second-order valence-corrected chi connectivity index (χ2v) is 12.2. The van der Waals surface area contributed by atoms with Crippen LogP contribution >= 0.6 is 46.4 Å². The Morgan fingerprint density at radius 2 is 1.76 bits per heavy atom. The van der Waals surface area contributed by atoms with Crippen molar-refractivity contribution in [2.45, 2.75) is 57.0 Å². The van der Waals surface area contributed by atoms with Crippen molar-refractivity contribution in [3.05, 3.63) is 90.5 Å². The van der Waals surface area contributed by atoms with E-state index in [1.165, 1.54) is 5.57 Å². The van der Waals surface area contributed by atoms with Crippen LogP contribution < -0.4 is 5.43 Å². The first-order chi connectivity index (χ1) is 19.7. The minimum absolute atomic E-state index is 0.131. The van der Waals surface area contributed by atoms with Gasteiger partial charge in [-0.3, -0.25) is 0 Å². The molecule has 41 heavy (non-hydrogen) atoms. The standard InChI is InChI=1S/C29H28Cl4N4O4/c1-29(38)27(40-14-19-5-7-21(31)9-23(19)33)25(15-39-13-18-4-6-20(30)8-22(18)32)41-28(29)37-12-17-3-2-16-10-34-35-11-24(36-37)26(16)17/h4-9,11-12,25,27-28,34,38H,2-3,10,13-15H2,1H3/t25-,27-,28-,29-/m1/s1. The number of allylic oxidation sites excluding steroid dienone is 2. The molecule has 2 N–H and O–H groups in total. The molecule has 12 heteroatoms. The fraction of sp³-hybridized carbons (Fsp3) is 0.379. The zero-order valence-corrected chi connectivity index (χ0v) is 25.1. The number of nitrogens with zero attached hydrogens (tertiary/aromatic N) is 3. The van der Waals surface area contributed by atoms with Crippen LogP contribution in [0.2, 0.25) is 20.1 Å². The molecule has 0 bridgehead atoms. The molecule has 216 valence electrons. The zero-order valence-electron chi connectivity index (χ0n) is 22.1. The van der Waals surface area contributed by atoms with Crippen LogP contribution in [0.1, 0.15) is 30.9 Å². The number of hydrogen-bond donors (Lipinski definition) is 2. The van der Waals surface area contributed by atoms with Gasteiger partial charge in [-0.2, -0.15) is 10.2 Å². The maximum atomic E-state index is 11.9. The summed E-state index contributed by atoms with van der Waals surface area (Å²) in [4.78, 5) is 0. The largest absolute Gasteiger partial charge is 0.383 e. The lowest BCUT2D eigenvalue weighted by molar-refractivity contribution is -0.129. The van der Waals surface area contributed by atoms with Crippen LogP contribution in [0.25, 0.3) is 0 Å².